The molecule has 1 heterocycles. The molecule has 13 heavy (non-hydrogen) atoms. The molecule has 0 fully saturated rings. The van der Waals surface area contributed by atoms with Crippen molar-refractivity contribution in [3.05, 3.63) is 33.7 Å². The molecule has 1 aromatic rings. The second-order valence-corrected chi connectivity index (χ2v) is 2.46. The third-order valence-corrected chi connectivity index (χ3v) is 1.42. The number of H-pyrrole nitrogens is 1. The molecule has 0 bridgehead atoms. The highest BCUT2D eigenvalue weighted by Gasteiger charge is 2.31. The Balaban J connectivity index is 3.24. The summed E-state index contributed by atoms with van der Waals surface area (Å²) >= 11 is 0. The van der Waals surface area contributed by atoms with Gasteiger partial charge in [-0.15, -0.1) is 0 Å². The Morgan fingerprint density at radius 1 is 1.38 bits per heavy atom. The van der Waals surface area contributed by atoms with Crippen molar-refractivity contribution >= 4 is 0 Å². The van der Waals surface area contributed by atoms with Crippen LogP contribution in [0, 0.1) is 0 Å². The van der Waals surface area contributed by atoms with Gasteiger partial charge in [-0.2, -0.15) is 13.2 Å². The van der Waals surface area contributed by atoms with E-state index in [0.29, 0.717) is 6.07 Å². The smallest absolute Gasteiger partial charge is 0.354 e. The predicted molar refractivity (Wildman–Crippen MR) is 40.0 cm³/mol. The molecule has 0 saturated heterocycles. The van der Waals surface area contributed by atoms with E-state index in [2.05, 4.69) is 0 Å². The van der Waals surface area contributed by atoms with Gasteiger partial charge in [-0.05, 0) is 0 Å². The first kappa shape index (κ1) is 9.79. The van der Waals surface area contributed by atoms with Gasteiger partial charge >= 0.3 is 6.18 Å². The number of hydrogen-bond acceptors (Lipinski definition) is 2. The van der Waals surface area contributed by atoms with Gasteiger partial charge in [-0.1, -0.05) is 0 Å². The third-order valence-electron chi connectivity index (χ3n) is 1.42. The highest BCUT2D eigenvalue weighted by Crippen LogP contribution is 2.26. The Hall–Kier alpha value is -1.30. The number of nitrogens with two attached hydrogens (primary N) is 1. The van der Waals surface area contributed by atoms with Crippen LogP contribution in [0.5, 0.6) is 0 Å². The molecule has 1 aromatic heterocycles. The zero-order chi connectivity index (χ0) is 10.1. The van der Waals surface area contributed by atoms with E-state index in [1.54, 1.807) is 0 Å². The monoisotopic (exact) mass is 192 g/mol. The van der Waals surface area contributed by atoms with Crippen LogP contribution >= 0.6 is 0 Å². The van der Waals surface area contributed by atoms with Crippen molar-refractivity contribution in [2.24, 2.45) is 5.73 Å². The van der Waals surface area contributed by atoms with Crippen molar-refractivity contribution in [2.75, 3.05) is 0 Å². The third kappa shape index (κ3) is 2.32. The van der Waals surface area contributed by atoms with Crippen molar-refractivity contribution in [2.45, 2.75) is 12.7 Å². The number of nitrogens with one attached hydrogen (secondary N) is 1. The lowest BCUT2D eigenvalue weighted by Gasteiger charge is -2.07. The molecule has 3 N–H and O–H groups in total. The number of aromatic amines is 1. The Labute approximate surface area is 71.4 Å². The molecule has 0 saturated carbocycles. The van der Waals surface area contributed by atoms with Gasteiger partial charge in [-0.25, -0.2) is 0 Å². The fourth-order valence-corrected chi connectivity index (χ4v) is 0.863. The number of rotatable bonds is 1. The molecule has 0 aliphatic rings. The first-order valence-electron chi connectivity index (χ1n) is 3.44. The largest absolute Gasteiger partial charge is 0.431 e. The molecule has 0 aliphatic heterocycles. The average Bonchev–Trinajstić information content (AvgIpc) is 2.01. The van der Waals surface area contributed by atoms with Gasteiger partial charge in [0.25, 0.3) is 0 Å². The van der Waals surface area contributed by atoms with Crippen molar-refractivity contribution in [1.29, 1.82) is 0 Å². The summed E-state index contributed by atoms with van der Waals surface area (Å²) in [4.78, 5) is 12.8. The maximum absolute atomic E-state index is 12.1. The van der Waals surface area contributed by atoms with E-state index < -0.39 is 17.3 Å². The van der Waals surface area contributed by atoms with Crippen molar-refractivity contribution in [1.82, 2.24) is 4.98 Å². The van der Waals surface area contributed by atoms with Crippen LogP contribution < -0.4 is 11.2 Å². The lowest BCUT2D eigenvalue weighted by atomic mass is 10.3. The minimum atomic E-state index is -4.54. The van der Waals surface area contributed by atoms with Gasteiger partial charge in [0.15, 0.2) is 5.43 Å². The molecule has 0 amide bonds. The molecule has 0 radical (unpaired) electrons. The zero-order valence-corrected chi connectivity index (χ0v) is 6.48. The van der Waals surface area contributed by atoms with Gasteiger partial charge < -0.3 is 10.7 Å². The number of hydrogen-bond donors (Lipinski definition) is 2. The van der Waals surface area contributed by atoms with Crippen LogP contribution in [0.15, 0.2) is 16.9 Å². The Kier molecular flexibility index (Phi) is 2.42. The fourth-order valence-electron chi connectivity index (χ4n) is 0.863. The predicted octanol–water partition coefficient (Wildman–Crippen LogP) is 0.852. The summed E-state index contributed by atoms with van der Waals surface area (Å²) in [5.74, 6) is 0. The van der Waals surface area contributed by atoms with Crippen LogP contribution in [-0.2, 0) is 12.7 Å². The van der Waals surface area contributed by atoms with E-state index in [1.807, 2.05) is 4.98 Å². The topological polar surface area (TPSA) is 58.9 Å². The van der Waals surface area contributed by atoms with Gasteiger partial charge in [0, 0.05) is 24.4 Å². The lowest BCUT2D eigenvalue weighted by Crippen LogP contribution is -2.16. The number of alkyl halides is 3. The van der Waals surface area contributed by atoms with Crippen molar-refractivity contribution in [3.63, 3.8) is 0 Å². The highest BCUT2D eigenvalue weighted by molar-refractivity contribution is 5.13. The van der Waals surface area contributed by atoms with E-state index in [-0.39, 0.29) is 12.2 Å². The van der Waals surface area contributed by atoms with Crippen LogP contribution in [0.1, 0.15) is 11.4 Å². The van der Waals surface area contributed by atoms with Gasteiger partial charge in [0.1, 0.15) is 5.69 Å². The minimum Gasteiger partial charge on any atom is -0.354 e. The zero-order valence-electron chi connectivity index (χ0n) is 6.48. The first-order valence-corrected chi connectivity index (χ1v) is 3.44. The van der Waals surface area contributed by atoms with E-state index in [0.717, 1.165) is 6.07 Å². The second kappa shape index (κ2) is 3.21. The molecule has 0 spiro atoms. The fraction of sp³-hybridized carbons (Fsp3) is 0.286. The molecular weight excluding hydrogens is 185 g/mol. The van der Waals surface area contributed by atoms with Crippen LogP contribution in [0.25, 0.3) is 0 Å². The van der Waals surface area contributed by atoms with Crippen molar-refractivity contribution < 1.29 is 13.2 Å². The molecule has 1 rings (SSSR count). The maximum atomic E-state index is 12.1. The Morgan fingerprint density at radius 3 is 2.46 bits per heavy atom. The maximum Gasteiger partial charge on any atom is 0.431 e. The molecule has 3 nitrogen and oxygen atoms in total. The molecule has 0 aromatic carbocycles. The standard InChI is InChI=1S/C7H7F3N2O/c8-7(9,10)6-2-5(13)1-4(3-11)12-6/h1-2H,3,11H2,(H,12,13). The summed E-state index contributed by atoms with van der Waals surface area (Å²) in [7, 11) is 0. The Bertz CT molecular complexity index is 355. The van der Waals surface area contributed by atoms with Crippen LogP contribution in [-0.4, -0.2) is 4.98 Å². The molecule has 6 heteroatoms. The normalized spacial score (nSPS) is 11.7. The summed E-state index contributed by atoms with van der Waals surface area (Å²) in [6.07, 6.45) is -4.54. The van der Waals surface area contributed by atoms with Crippen LogP contribution in [0.4, 0.5) is 13.2 Å². The van der Waals surface area contributed by atoms with Gasteiger partial charge in [0.2, 0.25) is 0 Å². The number of aromatic nitrogens is 1. The molecule has 0 aliphatic carbocycles. The summed E-state index contributed by atoms with van der Waals surface area (Å²) in [6, 6.07) is 1.54. The molecule has 72 valence electrons. The molecular formula is C7H7F3N2O. The lowest BCUT2D eigenvalue weighted by molar-refractivity contribution is -0.141. The van der Waals surface area contributed by atoms with E-state index in [1.165, 1.54) is 0 Å². The summed E-state index contributed by atoms with van der Waals surface area (Å²) in [6.45, 7) is -0.126. The van der Waals surface area contributed by atoms with Crippen molar-refractivity contribution in [3.8, 4) is 0 Å². The summed E-state index contributed by atoms with van der Waals surface area (Å²) < 4.78 is 36.2. The first-order chi connectivity index (χ1) is 5.93. The minimum absolute atomic E-state index is 0.0693. The number of halogens is 3. The second-order valence-electron chi connectivity index (χ2n) is 2.46. The number of pyridine rings is 1. The van der Waals surface area contributed by atoms with Crippen LogP contribution in [0.2, 0.25) is 0 Å². The molecule has 0 unspecified atom stereocenters. The van der Waals surface area contributed by atoms with E-state index >= 15 is 0 Å². The summed E-state index contributed by atoms with van der Waals surface area (Å²) in [5.41, 5.74) is 3.39. The highest BCUT2D eigenvalue weighted by atomic mass is 19.4. The SMILES string of the molecule is NCc1cc(=O)cc(C(F)(F)F)[nH]1. The quantitative estimate of drug-likeness (QED) is 0.693. The molecule has 0 atom stereocenters. The summed E-state index contributed by atoms with van der Waals surface area (Å²) in [5, 5.41) is 0. The van der Waals surface area contributed by atoms with Crippen LogP contribution in [0.3, 0.4) is 0 Å². The average molecular weight is 192 g/mol. The van der Waals surface area contributed by atoms with E-state index in [9.17, 15) is 18.0 Å². The van der Waals surface area contributed by atoms with Gasteiger partial charge in [-0.3, -0.25) is 4.79 Å². The Morgan fingerprint density at radius 2 is 2.00 bits per heavy atom. The van der Waals surface area contributed by atoms with Gasteiger partial charge in [0.05, 0.1) is 0 Å². The van der Waals surface area contributed by atoms with E-state index in [4.69, 9.17) is 5.73 Å².